The quantitative estimate of drug-likeness (QED) is 0.334. The third-order valence-corrected chi connectivity index (χ3v) is 7.23. The van der Waals surface area contributed by atoms with Crippen molar-refractivity contribution in [2.24, 2.45) is 0 Å². The first-order chi connectivity index (χ1) is 15.9. The molecule has 0 radical (unpaired) electrons. The highest BCUT2D eigenvalue weighted by molar-refractivity contribution is 7.91. The van der Waals surface area contributed by atoms with Gasteiger partial charge in [0.05, 0.1) is 27.6 Å². The standard InChI is InChI=1S/C24H22ClN3O4S/c1-2-11-32-23-10-8-20(13-21(23)25)33(30,31)19-6-3-16(4-7-19)5-9-22(29)17-12-18-15-27-28-24(18)26-14-17/h3-4,6-8,10,12-15H,2,5,9,11H2,1H3,(H,26,27,28). The zero-order valence-electron chi connectivity index (χ0n) is 17.9. The summed E-state index contributed by atoms with van der Waals surface area (Å²) < 4.78 is 31.5. The molecule has 0 fully saturated rings. The van der Waals surface area contributed by atoms with Crippen LogP contribution in [0.25, 0.3) is 11.0 Å². The van der Waals surface area contributed by atoms with Crippen LogP contribution >= 0.6 is 11.6 Å². The number of sulfone groups is 1. The van der Waals surface area contributed by atoms with Crippen LogP contribution in [0.5, 0.6) is 5.75 Å². The fourth-order valence-electron chi connectivity index (χ4n) is 3.34. The molecule has 0 aliphatic rings. The fraction of sp³-hybridized carbons (Fsp3) is 0.208. The van der Waals surface area contributed by atoms with Gasteiger partial charge in [0.1, 0.15) is 5.75 Å². The van der Waals surface area contributed by atoms with Crippen LogP contribution in [0, 0.1) is 0 Å². The number of ether oxygens (including phenoxy) is 1. The minimum absolute atomic E-state index is 0.0395. The Kier molecular flexibility index (Phi) is 6.76. The van der Waals surface area contributed by atoms with Gasteiger partial charge in [-0.05, 0) is 54.8 Å². The Balaban J connectivity index is 1.43. The van der Waals surface area contributed by atoms with Crippen LogP contribution in [-0.2, 0) is 16.3 Å². The molecule has 7 nitrogen and oxygen atoms in total. The second kappa shape index (κ2) is 9.72. The van der Waals surface area contributed by atoms with E-state index in [1.807, 2.05) is 6.92 Å². The summed E-state index contributed by atoms with van der Waals surface area (Å²) in [5, 5.41) is 7.69. The third-order valence-electron chi connectivity index (χ3n) is 5.16. The van der Waals surface area contributed by atoms with Gasteiger partial charge in [-0.2, -0.15) is 5.10 Å². The van der Waals surface area contributed by atoms with E-state index < -0.39 is 9.84 Å². The number of aryl methyl sites for hydroxylation is 1. The Morgan fingerprint density at radius 2 is 1.82 bits per heavy atom. The summed E-state index contributed by atoms with van der Waals surface area (Å²) in [6, 6.07) is 12.8. The summed E-state index contributed by atoms with van der Waals surface area (Å²) in [5.74, 6) is 0.418. The van der Waals surface area contributed by atoms with Gasteiger partial charge in [-0.25, -0.2) is 13.4 Å². The Morgan fingerprint density at radius 1 is 1.06 bits per heavy atom. The molecule has 0 aliphatic heterocycles. The maximum Gasteiger partial charge on any atom is 0.206 e. The third kappa shape index (κ3) is 5.07. The minimum atomic E-state index is -3.73. The van der Waals surface area contributed by atoms with Gasteiger partial charge in [-0.15, -0.1) is 0 Å². The van der Waals surface area contributed by atoms with Gasteiger partial charge in [0.25, 0.3) is 0 Å². The number of Topliss-reactive ketones (excluding diaryl/α,β-unsaturated/α-hetero) is 1. The lowest BCUT2D eigenvalue weighted by Gasteiger charge is -2.10. The SMILES string of the molecule is CCCOc1ccc(S(=O)(=O)c2ccc(CCC(=O)c3cnc4[nH]ncc4c3)cc2)cc1Cl. The number of pyridine rings is 1. The van der Waals surface area contributed by atoms with Gasteiger partial charge in [0, 0.05) is 23.6 Å². The Labute approximate surface area is 196 Å². The molecular weight excluding hydrogens is 462 g/mol. The van der Waals surface area contributed by atoms with Crippen molar-refractivity contribution >= 4 is 38.3 Å². The summed E-state index contributed by atoms with van der Waals surface area (Å²) in [7, 11) is -3.73. The number of nitrogens with zero attached hydrogens (tertiary/aromatic N) is 2. The number of aromatic amines is 1. The number of hydrogen-bond donors (Lipinski definition) is 1. The van der Waals surface area contributed by atoms with Crippen molar-refractivity contribution in [3.05, 3.63) is 77.1 Å². The first-order valence-corrected chi connectivity index (χ1v) is 12.3. The van der Waals surface area contributed by atoms with Crippen molar-refractivity contribution in [3.63, 3.8) is 0 Å². The monoisotopic (exact) mass is 483 g/mol. The number of ketones is 1. The van der Waals surface area contributed by atoms with Crippen LogP contribution in [0.15, 0.2) is 70.7 Å². The molecule has 170 valence electrons. The van der Waals surface area contributed by atoms with E-state index in [1.165, 1.54) is 18.3 Å². The second-order valence-corrected chi connectivity index (χ2v) is 9.90. The smallest absolute Gasteiger partial charge is 0.206 e. The van der Waals surface area contributed by atoms with E-state index in [-0.39, 0.29) is 27.0 Å². The molecule has 0 unspecified atom stereocenters. The first kappa shape index (κ1) is 22.9. The highest BCUT2D eigenvalue weighted by Gasteiger charge is 2.19. The number of fused-ring (bicyclic) bond motifs is 1. The topological polar surface area (TPSA) is 102 Å². The molecule has 4 aromatic rings. The van der Waals surface area contributed by atoms with E-state index in [2.05, 4.69) is 15.2 Å². The van der Waals surface area contributed by atoms with Crippen molar-refractivity contribution in [2.45, 2.75) is 36.0 Å². The molecule has 2 aromatic heterocycles. The Hall–Kier alpha value is -3.23. The maximum absolute atomic E-state index is 13.0. The number of nitrogens with one attached hydrogen (secondary N) is 1. The molecule has 0 bridgehead atoms. The molecule has 0 spiro atoms. The Morgan fingerprint density at radius 3 is 2.55 bits per heavy atom. The van der Waals surface area contributed by atoms with Gasteiger partial charge >= 0.3 is 0 Å². The molecular formula is C24H22ClN3O4S. The van der Waals surface area contributed by atoms with Crippen molar-refractivity contribution < 1.29 is 17.9 Å². The number of carbonyl (C=O) groups excluding carboxylic acids is 1. The molecule has 0 atom stereocenters. The molecule has 4 rings (SSSR count). The van der Waals surface area contributed by atoms with E-state index in [0.29, 0.717) is 30.0 Å². The van der Waals surface area contributed by atoms with Crippen molar-refractivity contribution in [1.82, 2.24) is 15.2 Å². The summed E-state index contributed by atoms with van der Waals surface area (Å²) in [6.45, 7) is 2.48. The van der Waals surface area contributed by atoms with Crippen LogP contribution in [0.2, 0.25) is 5.02 Å². The fourth-order valence-corrected chi connectivity index (χ4v) is 4.93. The largest absolute Gasteiger partial charge is 0.492 e. The highest BCUT2D eigenvalue weighted by atomic mass is 35.5. The van der Waals surface area contributed by atoms with Crippen LogP contribution in [0.1, 0.15) is 35.7 Å². The van der Waals surface area contributed by atoms with Crippen LogP contribution in [0.3, 0.4) is 0 Å². The van der Waals surface area contributed by atoms with Crippen LogP contribution in [0.4, 0.5) is 0 Å². The van der Waals surface area contributed by atoms with Crippen molar-refractivity contribution in [3.8, 4) is 5.75 Å². The van der Waals surface area contributed by atoms with Gasteiger partial charge in [-0.1, -0.05) is 30.7 Å². The number of H-pyrrole nitrogens is 1. The molecule has 9 heteroatoms. The molecule has 33 heavy (non-hydrogen) atoms. The summed E-state index contributed by atoms with van der Waals surface area (Å²) >= 11 is 6.20. The molecule has 1 N–H and O–H groups in total. The maximum atomic E-state index is 13.0. The lowest BCUT2D eigenvalue weighted by atomic mass is 10.0. The van der Waals surface area contributed by atoms with Crippen LogP contribution in [-0.4, -0.2) is 36.0 Å². The lowest BCUT2D eigenvalue weighted by Crippen LogP contribution is -2.04. The lowest BCUT2D eigenvalue weighted by molar-refractivity contribution is 0.0982. The van der Waals surface area contributed by atoms with E-state index in [0.717, 1.165) is 17.4 Å². The first-order valence-electron chi connectivity index (χ1n) is 10.5. The number of aromatic nitrogens is 3. The normalized spacial score (nSPS) is 11.6. The average molecular weight is 484 g/mol. The molecule has 0 saturated heterocycles. The number of rotatable bonds is 9. The number of halogens is 1. The van der Waals surface area contributed by atoms with E-state index in [9.17, 15) is 13.2 Å². The number of hydrogen-bond acceptors (Lipinski definition) is 6. The van der Waals surface area contributed by atoms with E-state index >= 15 is 0 Å². The predicted molar refractivity (Wildman–Crippen MR) is 126 cm³/mol. The van der Waals surface area contributed by atoms with Crippen LogP contribution < -0.4 is 4.74 Å². The molecule has 0 aliphatic carbocycles. The van der Waals surface area contributed by atoms with E-state index in [4.69, 9.17) is 16.3 Å². The summed E-state index contributed by atoms with van der Waals surface area (Å²) in [5.41, 5.74) is 2.01. The van der Waals surface area contributed by atoms with Gasteiger partial charge in [-0.3, -0.25) is 9.89 Å². The zero-order chi connectivity index (χ0) is 23.4. The highest BCUT2D eigenvalue weighted by Crippen LogP contribution is 2.30. The second-order valence-electron chi connectivity index (χ2n) is 7.54. The molecule has 0 amide bonds. The summed E-state index contributed by atoms with van der Waals surface area (Å²) in [6.07, 6.45) is 4.74. The minimum Gasteiger partial charge on any atom is -0.492 e. The number of benzene rings is 2. The average Bonchev–Trinajstić information content (AvgIpc) is 3.30. The molecule has 2 heterocycles. The number of carbonyl (C=O) groups is 1. The predicted octanol–water partition coefficient (Wildman–Crippen LogP) is 5.05. The van der Waals surface area contributed by atoms with Crippen molar-refractivity contribution in [2.75, 3.05) is 6.61 Å². The van der Waals surface area contributed by atoms with Gasteiger partial charge in [0.2, 0.25) is 9.84 Å². The molecule has 0 saturated carbocycles. The summed E-state index contributed by atoms with van der Waals surface area (Å²) in [4.78, 5) is 17.0. The van der Waals surface area contributed by atoms with Crippen molar-refractivity contribution in [1.29, 1.82) is 0 Å². The molecule has 2 aromatic carbocycles. The van der Waals surface area contributed by atoms with Gasteiger partial charge in [0.15, 0.2) is 11.4 Å². The zero-order valence-corrected chi connectivity index (χ0v) is 19.5. The van der Waals surface area contributed by atoms with E-state index in [1.54, 1.807) is 42.6 Å². The Bertz CT molecular complexity index is 1400. The van der Waals surface area contributed by atoms with Gasteiger partial charge < -0.3 is 4.74 Å².